The van der Waals surface area contributed by atoms with E-state index in [0.717, 1.165) is 18.1 Å². The van der Waals surface area contributed by atoms with Crippen LogP contribution in [0.4, 0.5) is 4.79 Å². The predicted octanol–water partition coefficient (Wildman–Crippen LogP) is 3.31. The summed E-state index contributed by atoms with van der Waals surface area (Å²) in [4.78, 5) is 11.7. The van der Waals surface area contributed by atoms with Crippen LogP contribution in [0.25, 0.3) is 0 Å². The summed E-state index contributed by atoms with van der Waals surface area (Å²) < 4.78 is 5.29. The van der Waals surface area contributed by atoms with Crippen molar-refractivity contribution in [2.75, 3.05) is 6.26 Å². The van der Waals surface area contributed by atoms with Gasteiger partial charge in [0.05, 0.1) is 0 Å². The summed E-state index contributed by atoms with van der Waals surface area (Å²) >= 11 is 2.00. The number of rotatable bonds is 4. The zero-order chi connectivity index (χ0) is 15.5. The van der Waals surface area contributed by atoms with Crippen molar-refractivity contribution in [2.45, 2.75) is 88.3 Å². The Labute approximate surface area is 133 Å². The molecule has 2 fully saturated rings. The van der Waals surface area contributed by atoms with Crippen LogP contribution in [-0.4, -0.2) is 41.3 Å². The molecule has 0 aromatic heterocycles. The van der Waals surface area contributed by atoms with Crippen molar-refractivity contribution in [3.05, 3.63) is 0 Å². The molecular formula is C16H30N2O2S. The molecule has 0 spiro atoms. The molecule has 2 saturated carbocycles. The van der Waals surface area contributed by atoms with Gasteiger partial charge in [-0.25, -0.2) is 4.79 Å². The fourth-order valence-corrected chi connectivity index (χ4v) is 4.16. The Balaban J connectivity index is 1.66. The van der Waals surface area contributed by atoms with Crippen LogP contribution in [0.15, 0.2) is 0 Å². The maximum absolute atomic E-state index is 11.7. The summed E-state index contributed by atoms with van der Waals surface area (Å²) in [6, 6.07) is 1.48. The van der Waals surface area contributed by atoms with E-state index in [4.69, 9.17) is 4.74 Å². The Morgan fingerprint density at radius 2 is 1.81 bits per heavy atom. The Morgan fingerprint density at radius 1 is 1.14 bits per heavy atom. The van der Waals surface area contributed by atoms with Crippen LogP contribution in [0.2, 0.25) is 0 Å². The van der Waals surface area contributed by atoms with Crippen molar-refractivity contribution in [3.8, 4) is 0 Å². The van der Waals surface area contributed by atoms with Crippen molar-refractivity contribution in [1.82, 2.24) is 10.6 Å². The molecule has 0 heterocycles. The molecule has 2 N–H and O–H groups in total. The van der Waals surface area contributed by atoms with Crippen LogP contribution in [0, 0.1) is 0 Å². The van der Waals surface area contributed by atoms with Crippen LogP contribution >= 0.6 is 11.8 Å². The third-order valence-corrected chi connectivity index (χ3v) is 5.48. The van der Waals surface area contributed by atoms with Crippen molar-refractivity contribution >= 4 is 17.9 Å². The zero-order valence-corrected chi connectivity index (χ0v) is 14.6. The van der Waals surface area contributed by atoms with E-state index in [2.05, 4.69) is 16.9 Å². The molecule has 0 bridgehead atoms. The number of thioether (sulfide) groups is 1. The van der Waals surface area contributed by atoms with Gasteiger partial charge in [0.1, 0.15) is 5.60 Å². The lowest BCUT2D eigenvalue weighted by atomic mass is 9.84. The van der Waals surface area contributed by atoms with E-state index in [1.54, 1.807) is 0 Å². The first-order chi connectivity index (χ1) is 9.87. The van der Waals surface area contributed by atoms with E-state index >= 15 is 0 Å². The van der Waals surface area contributed by atoms with E-state index in [0.29, 0.717) is 12.1 Å². The minimum atomic E-state index is -0.418. The topological polar surface area (TPSA) is 50.4 Å². The van der Waals surface area contributed by atoms with Gasteiger partial charge in [-0.05, 0) is 52.7 Å². The molecule has 2 aliphatic rings. The molecule has 2 aliphatic carbocycles. The highest BCUT2D eigenvalue weighted by molar-refractivity contribution is 7.99. The minimum absolute atomic E-state index is 0.272. The first kappa shape index (κ1) is 16.9. The van der Waals surface area contributed by atoms with E-state index in [1.165, 1.54) is 25.7 Å². The summed E-state index contributed by atoms with van der Waals surface area (Å²) in [5.74, 6) is 0. The highest BCUT2D eigenvalue weighted by Crippen LogP contribution is 2.30. The first-order valence-electron chi connectivity index (χ1n) is 8.16. The monoisotopic (exact) mass is 314 g/mol. The summed E-state index contributed by atoms with van der Waals surface area (Å²) in [6.07, 6.45) is 9.34. The Bertz CT molecular complexity index is 351. The second-order valence-corrected chi connectivity index (χ2v) is 8.42. The highest BCUT2D eigenvalue weighted by atomic mass is 32.2. The van der Waals surface area contributed by atoms with E-state index in [1.807, 2.05) is 32.5 Å². The number of hydrogen-bond acceptors (Lipinski definition) is 4. The molecule has 21 heavy (non-hydrogen) atoms. The first-order valence-corrected chi connectivity index (χ1v) is 9.44. The summed E-state index contributed by atoms with van der Waals surface area (Å²) in [6.45, 7) is 5.68. The normalized spacial score (nSPS) is 33.1. The quantitative estimate of drug-likeness (QED) is 0.836. The van der Waals surface area contributed by atoms with Crippen molar-refractivity contribution in [2.24, 2.45) is 0 Å². The van der Waals surface area contributed by atoms with Crippen molar-refractivity contribution in [1.29, 1.82) is 0 Å². The Kier molecular flexibility index (Phi) is 5.83. The molecule has 2 unspecified atom stereocenters. The highest BCUT2D eigenvalue weighted by Gasteiger charge is 2.35. The number of carbonyl (C=O) groups is 1. The molecule has 1 amide bonds. The third-order valence-electron chi connectivity index (χ3n) is 4.31. The number of hydrogen-bond donors (Lipinski definition) is 2. The van der Waals surface area contributed by atoms with Gasteiger partial charge < -0.3 is 15.4 Å². The van der Waals surface area contributed by atoms with Gasteiger partial charge in [0.2, 0.25) is 0 Å². The molecule has 122 valence electrons. The molecule has 0 saturated heterocycles. The molecule has 2 rings (SSSR count). The number of amides is 1. The molecule has 0 aromatic carbocycles. The van der Waals surface area contributed by atoms with Gasteiger partial charge in [-0.2, -0.15) is 11.8 Å². The fourth-order valence-electron chi connectivity index (χ4n) is 3.22. The van der Waals surface area contributed by atoms with Crippen molar-refractivity contribution in [3.63, 3.8) is 0 Å². The van der Waals surface area contributed by atoms with Crippen LogP contribution < -0.4 is 10.6 Å². The molecule has 0 aliphatic heterocycles. The number of nitrogens with one attached hydrogen (secondary N) is 2. The average Bonchev–Trinajstić information content (AvgIpc) is 2.34. The van der Waals surface area contributed by atoms with E-state index in [9.17, 15) is 4.79 Å². The van der Waals surface area contributed by atoms with Crippen molar-refractivity contribution < 1.29 is 9.53 Å². The lowest BCUT2D eigenvalue weighted by Gasteiger charge is -2.41. The fraction of sp³-hybridized carbons (Fsp3) is 0.938. The smallest absolute Gasteiger partial charge is 0.407 e. The van der Waals surface area contributed by atoms with Crippen LogP contribution in [0.1, 0.15) is 59.3 Å². The predicted molar refractivity (Wildman–Crippen MR) is 88.9 cm³/mol. The zero-order valence-electron chi connectivity index (χ0n) is 13.8. The molecule has 4 nitrogen and oxygen atoms in total. The average molecular weight is 314 g/mol. The maximum atomic E-state index is 11.7. The van der Waals surface area contributed by atoms with E-state index in [-0.39, 0.29) is 12.1 Å². The van der Waals surface area contributed by atoms with Gasteiger partial charge in [0, 0.05) is 23.4 Å². The standard InChI is InChI=1S/C16H30N2O2S/c1-16(2,3)20-15(19)18-12-9-11(10-12)17-13-7-5-6-8-14(13)21-4/h11-14,17H,5-10H2,1-4H3,(H,18,19). The summed E-state index contributed by atoms with van der Waals surface area (Å²) in [7, 11) is 0. The van der Waals surface area contributed by atoms with E-state index < -0.39 is 5.60 Å². The lowest BCUT2D eigenvalue weighted by Crippen LogP contribution is -2.57. The second-order valence-electron chi connectivity index (χ2n) is 7.34. The second kappa shape index (κ2) is 7.23. The Morgan fingerprint density at radius 3 is 2.43 bits per heavy atom. The van der Waals surface area contributed by atoms with Gasteiger partial charge in [-0.1, -0.05) is 12.8 Å². The molecule has 2 atom stereocenters. The summed E-state index contributed by atoms with van der Waals surface area (Å²) in [5.41, 5.74) is -0.418. The molecule has 0 aromatic rings. The lowest BCUT2D eigenvalue weighted by molar-refractivity contribution is 0.0462. The van der Waals surface area contributed by atoms with Crippen LogP contribution in [-0.2, 0) is 4.74 Å². The summed E-state index contributed by atoms with van der Waals surface area (Å²) in [5, 5.41) is 7.51. The Hall–Kier alpha value is -0.420. The number of alkyl carbamates (subject to hydrolysis) is 1. The maximum Gasteiger partial charge on any atom is 0.407 e. The molecular weight excluding hydrogens is 284 g/mol. The van der Waals surface area contributed by atoms with Gasteiger partial charge in [0.25, 0.3) is 0 Å². The minimum Gasteiger partial charge on any atom is -0.444 e. The molecule has 5 heteroatoms. The number of ether oxygens (including phenoxy) is 1. The van der Waals surface area contributed by atoms with Gasteiger partial charge in [0.15, 0.2) is 0 Å². The number of carbonyl (C=O) groups excluding carboxylic acids is 1. The largest absolute Gasteiger partial charge is 0.444 e. The van der Waals surface area contributed by atoms with Crippen LogP contribution in [0.3, 0.4) is 0 Å². The van der Waals surface area contributed by atoms with Crippen LogP contribution in [0.5, 0.6) is 0 Å². The SMILES string of the molecule is CSC1CCCCC1NC1CC(NC(=O)OC(C)(C)C)C1. The molecule has 0 radical (unpaired) electrons. The van der Waals surface area contributed by atoms with Gasteiger partial charge >= 0.3 is 6.09 Å². The van der Waals surface area contributed by atoms with Gasteiger partial charge in [-0.15, -0.1) is 0 Å². The van der Waals surface area contributed by atoms with Gasteiger partial charge in [-0.3, -0.25) is 0 Å². The third kappa shape index (κ3) is 5.37.